The maximum atomic E-state index is 11.2. The Kier molecular flexibility index (Phi) is 14.8. The van der Waals surface area contributed by atoms with Crippen molar-refractivity contribution in [2.75, 3.05) is 0 Å². The third-order valence-corrected chi connectivity index (χ3v) is 7.47. The van der Waals surface area contributed by atoms with Gasteiger partial charge in [0.1, 0.15) is 5.75 Å². The minimum absolute atomic E-state index is 0.424. The van der Waals surface area contributed by atoms with E-state index in [-0.39, 0.29) is 0 Å². The molecule has 5 heteroatoms. The quantitative estimate of drug-likeness (QED) is 0.368. The summed E-state index contributed by atoms with van der Waals surface area (Å²) in [7, 11) is 9.87. The summed E-state index contributed by atoms with van der Waals surface area (Å²) < 4.78 is 0. The van der Waals surface area contributed by atoms with Crippen LogP contribution in [0.4, 0.5) is 0 Å². The van der Waals surface area contributed by atoms with Crippen molar-refractivity contribution in [1.29, 1.82) is 0 Å². The molecule has 3 rings (SSSR count). The fourth-order valence-electron chi connectivity index (χ4n) is 5.38. The van der Waals surface area contributed by atoms with Gasteiger partial charge < -0.3 is 5.11 Å². The molecule has 0 aromatic heterocycles. The zero-order chi connectivity index (χ0) is 23.2. The van der Waals surface area contributed by atoms with Gasteiger partial charge in [-0.25, -0.2) is 0 Å². The van der Waals surface area contributed by atoms with E-state index in [2.05, 4.69) is 26.0 Å². The van der Waals surface area contributed by atoms with Gasteiger partial charge >= 0.3 is 37.9 Å². The Bertz CT molecular complexity index is 670. The van der Waals surface area contributed by atoms with Crippen molar-refractivity contribution in [2.24, 2.45) is 10.9 Å². The number of benzene rings is 1. The van der Waals surface area contributed by atoms with Crippen molar-refractivity contribution < 1.29 is 26.0 Å². The third kappa shape index (κ3) is 9.79. The Morgan fingerprint density at radius 3 is 1.91 bits per heavy atom. The molecule has 0 spiro atoms. The van der Waals surface area contributed by atoms with E-state index in [1.807, 2.05) is 6.21 Å². The maximum absolute atomic E-state index is 11.2. The van der Waals surface area contributed by atoms with E-state index in [0.29, 0.717) is 23.6 Å². The molecule has 2 aliphatic carbocycles. The topological polar surface area (TPSA) is 32.6 Å². The van der Waals surface area contributed by atoms with Crippen LogP contribution in [-0.4, -0.2) is 17.4 Å². The second-order valence-corrected chi connectivity index (χ2v) is 13.6. The Hall–Kier alpha value is 0.153. The SMILES string of the molecule is Cc1ccc(C2CCCCCCCCCCC2)c(O)c1C=NC1CCCCC1C.[Cl][Zr][Cl]. The Labute approximate surface area is 215 Å². The molecule has 0 radical (unpaired) electrons. The molecule has 2 aliphatic rings. The van der Waals surface area contributed by atoms with Crippen LogP contribution in [0.15, 0.2) is 17.1 Å². The Balaban J connectivity index is 0.00000114. The second-order valence-electron chi connectivity index (χ2n) is 9.87. The van der Waals surface area contributed by atoms with Gasteiger partial charge in [-0.05, 0) is 55.6 Å². The molecule has 32 heavy (non-hydrogen) atoms. The van der Waals surface area contributed by atoms with E-state index >= 15 is 0 Å². The van der Waals surface area contributed by atoms with E-state index in [4.69, 9.17) is 22.0 Å². The van der Waals surface area contributed by atoms with Crippen LogP contribution in [-0.2, 0) is 20.8 Å². The van der Waals surface area contributed by atoms with Gasteiger partial charge in [-0.1, -0.05) is 89.7 Å². The summed E-state index contributed by atoms with van der Waals surface area (Å²) in [5.41, 5.74) is 3.28. The van der Waals surface area contributed by atoms with Crippen molar-refractivity contribution in [2.45, 2.75) is 122 Å². The van der Waals surface area contributed by atoms with E-state index < -0.39 is 20.8 Å². The van der Waals surface area contributed by atoms with E-state index in [1.54, 1.807) is 0 Å². The van der Waals surface area contributed by atoms with Gasteiger partial charge in [0.2, 0.25) is 0 Å². The molecule has 2 saturated carbocycles. The van der Waals surface area contributed by atoms with Gasteiger partial charge in [0.15, 0.2) is 0 Å². The number of halogens is 2. The molecule has 2 nitrogen and oxygen atoms in total. The van der Waals surface area contributed by atoms with Crippen LogP contribution in [0.3, 0.4) is 0 Å². The fraction of sp³-hybridized carbons (Fsp3) is 0.741. The average molecular weight is 560 g/mol. The molecule has 2 atom stereocenters. The predicted molar refractivity (Wildman–Crippen MR) is 137 cm³/mol. The van der Waals surface area contributed by atoms with Gasteiger partial charge in [0.25, 0.3) is 0 Å². The molecule has 0 saturated heterocycles. The second kappa shape index (κ2) is 16.7. The van der Waals surface area contributed by atoms with E-state index in [1.165, 1.54) is 102 Å². The summed E-state index contributed by atoms with van der Waals surface area (Å²) >= 11 is -0.826. The van der Waals surface area contributed by atoms with Crippen molar-refractivity contribution in [1.82, 2.24) is 0 Å². The molecule has 0 aliphatic heterocycles. The first-order valence-corrected chi connectivity index (χ1v) is 19.2. The molecule has 2 fully saturated rings. The summed E-state index contributed by atoms with van der Waals surface area (Å²) in [4.78, 5) is 4.94. The van der Waals surface area contributed by atoms with Gasteiger partial charge in [0, 0.05) is 11.8 Å². The summed E-state index contributed by atoms with van der Waals surface area (Å²) in [6.07, 6.45) is 21.8. The Morgan fingerprint density at radius 1 is 0.844 bits per heavy atom. The van der Waals surface area contributed by atoms with Gasteiger partial charge in [0.05, 0.1) is 6.04 Å². The monoisotopic (exact) mass is 557 g/mol. The molecular weight excluding hydrogens is 516 g/mol. The molecule has 1 aromatic rings. The van der Waals surface area contributed by atoms with Crippen LogP contribution in [0.2, 0.25) is 0 Å². The number of nitrogens with zero attached hydrogens (tertiary/aromatic N) is 1. The summed E-state index contributed by atoms with van der Waals surface area (Å²) in [6, 6.07) is 4.83. The van der Waals surface area contributed by atoms with Crippen LogP contribution >= 0.6 is 17.0 Å². The standard InChI is InChI=1S/C27H43NO.2ClH.Zr/c1-21-18-19-24(23-15-10-8-6-4-3-5-7-9-11-16-23)27(29)25(21)20-28-26-17-13-12-14-22(26)2;;;/h18-20,22-23,26,29H,3-17H2,1-2H3;2*1H;/q;;;+2/p-2. The normalized spacial score (nSPS) is 24.1. The first-order chi connectivity index (χ1) is 15.6. The minimum atomic E-state index is -0.826. The molecule has 2 unspecified atom stereocenters. The summed E-state index contributed by atoms with van der Waals surface area (Å²) in [5, 5.41) is 11.2. The van der Waals surface area contributed by atoms with Crippen LogP contribution in [0.1, 0.15) is 126 Å². The van der Waals surface area contributed by atoms with Crippen LogP contribution in [0, 0.1) is 12.8 Å². The zero-order valence-electron chi connectivity index (χ0n) is 20.2. The number of hydrogen-bond donors (Lipinski definition) is 1. The summed E-state index contributed by atoms with van der Waals surface area (Å²) in [5.74, 6) is 1.67. The number of rotatable bonds is 3. The fourth-order valence-corrected chi connectivity index (χ4v) is 5.38. The van der Waals surface area contributed by atoms with Crippen molar-refractivity contribution in [3.63, 3.8) is 0 Å². The predicted octanol–water partition coefficient (Wildman–Crippen LogP) is 9.46. The molecule has 1 N–H and O–H groups in total. The van der Waals surface area contributed by atoms with Crippen LogP contribution < -0.4 is 0 Å². The van der Waals surface area contributed by atoms with E-state index in [9.17, 15) is 5.11 Å². The molecule has 1 aromatic carbocycles. The number of hydrogen-bond acceptors (Lipinski definition) is 2. The molecular formula is C27H43Cl2NOZr. The average Bonchev–Trinajstić information content (AvgIpc) is 2.76. The number of phenolic OH excluding ortho intramolecular Hbond substituents is 1. The van der Waals surface area contributed by atoms with Crippen LogP contribution in [0.5, 0.6) is 5.75 Å². The summed E-state index contributed by atoms with van der Waals surface area (Å²) in [6.45, 7) is 4.44. The number of aliphatic imine (C=N–C) groups is 1. The van der Waals surface area contributed by atoms with Gasteiger partial charge in [-0.15, -0.1) is 0 Å². The molecule has 180 valence electrons. The number of aryl methyl sites for hydroxylation is 1. The molecule has 0 amide bonds. The first kappa shape index (κ1) is 28.4. The molecule has 0 heterocycles. The number of aromatic hydroxyl groups is 1. The van der Waals surface area contributed by atoms with Crippen molar-refractivity contribution >= 4 is 23.2 Å². The zero-order valence-corrected chi connectivity index (χ0v) is 24.2. The Morgan fingerprint density at radius 2 is 1.34 bits per heavy atom. The molecule has 0 bridgehead atoms. The van der Waals surface area contributed by atoms with Crippen molar-refractivity contribution in [3.8, 4) is 5.75 Å². The first-order valence-electron chi connectivity index (χ1n) is 12.9. The van der Waals surface area contributed by atoms with Crippen LogP contribution in [0.25, 0.3) is 0 Å². The van der Waals surface area contributed by atoms with Gasteiger partial charge in [-0.2, -0.15) is 0 Å². The number of phenols is 1. The van der Waals surface area contributed by atoms with Gasteiger partial charge in [-0.3, -0.25) is 4.99 Å². The van der Waals surface area contributed by atoms with Crippen molar-refractivity contribution in [3.05, 3.63) is 28.8 Å². The third-order valence-electron chi connectivity index (χ3n) is 7.47. The van der Waals surface area contributed by atoms with E-state index in [0.717, 1.165) is 11.1 Å².